The minimum absolute atomic E-state index is 0.664. The molecular weight excluding hydrogens is 322 g/mol. The molecule has 100 valence electrons. The van der Waals surface area contributed by atoms with Crippen LogP contribution in [-0.4, -0.2) is 29.1 Å². The fourth-order valence-corrected chi connectivity index (χ4v) is 3.84. The number of fused-ring (bicyclic) bond motifs is 1. The van der Waals surface area contributed by atoms with Crippen LogP contribution in [0.2, 0.25) is 0 Å². The molecule has 0 amide bonds. The van der Waals surface area contributed by atoms with Crippen LogP contribution in [0, 0.1) is 0 Å². The lowest BCUT2D eigenvalue weighted by atomic mass is 10.1. The molecule has 1 aliphatic rings. The van der Waals surface area contributed by atoms with Crippen LogP contribution in [0.4, 0.5) is 11.4 Å². The summed E-state index contributed by atoms with van der Waals surface area (Å²) >= 11 is 5.49. The Labute approximate surface area is 125 Å². The van der Waals surface area contributed by atoms with E-state index in [4.69, 9.17) is 5.73 Å². The Morgan fingerprint density at radius 1 is 1.47 bits per heavy atom. The van der Waals surface area contributed by atoms with Crippen molar-refractivity contribution in [1.29, 1.82) is 0 Å². The fourth-order valence-electron chi connectivity index (χ4n) is 2.49. The van der Waals surface area contributed by atoms with Crippen LogP contribution in [0.25, 0.3) is 10.9 Å². The third kappa shape index (κ3) is 2.54. The van der Waals surface area contributed by atoms with Crippen molar-refractivity contribution in [3.05, 3.63) is 28.9 Å². The first-order chi connectivity index (χ1) is 9.15. The van der Waals surface area contributed by atoms with Crippen LogP contribution in [-0.2, 0) is 0 Å². The van der Waals surface area contributed by atoms with E-state index in [1.54, 1.807) is 0 Å². The minimum Gasteiger partial charge on any atom is -0.398 e. The number of hydrogen-bond acceptors (Lipinski definition) is 4. The zero-order valence-electron chi connectivity index (χ0n) is 10.8. The third-order valence-corrected chi connectivity index (χ3v) is 4.98. The first-order valence-corrected chi connectivity index (χ1v) is 8.19. The molecule has 1 unspecified atom stereocenters. The van der Waals surface area contributed by atoms with Crippen molar-refractivity contribution in [3.8, 4) is 0 Å². The molecule has 0 bridgehead atoms. The smallest absolute Gasteiger partial charge is 0.0956 e. The molecule has 3 nitrogen and oxygen atoms in total. The van der Waals surface area contributed by atoms with Gasteiger partial charge in [0, 0.05) is 45.8 Å². The zero-order valence-corrected chi connectivity index (χ0v) is 13.2. The first kappa shape index (κ1) is 13.1. The van der Waals surface area contributed by atoms with Gasteiger partial charge in [0.2, 0.25) is 0 Å². The van der Waals surface area contributed by atoms with Gasteiger partial charge in [0.05, 0.1) is 11.2 Å². The molecule has 0 saturated carbocycles. The van der Waals surface area contributed by atoms with Crippen molar-refractivity contribution in [2.75, 3.05) is 29.5 Å². The van der Waals surface area contributed by atoms with Crippen LogP contribution >= 0.6 is 27.7 Å². The number of anilines is 2. The molecule has 1 saturated heterocycles. The van der Waals surface area contributed by atoms with Gasteiger partial charge in [0.1, 0.15) is 0 Å². The average Bonchev–Trinajstić information content (AvgIpc) is 2.40. The Balaban J connectivity index is 2.11. The summed E-state index contributed by atoms with van der Waals surface area (Å²) in [6.07, 6.45) is 1.84. The highest BCUT2D eigenvalue weighted by Gasteiger charge is 2.19. The molecule has 2 N–H and O–H groups in total. The van der Waals surface area contributed by atoms with Gasteiger partial charge in [0.25, 0.3) is 0 Å². The van der Waals surface area contributed by atoms with Gasteiger partial charge in [0.15, 0.2) is 0 Å². The normalized spacial score (nSPS) is 19.9. The predicted octanol–water partition coefficient (Wildman–Crippen LogP) is 3.52. The standard InChI is InChI=1S/C14H16BrN3S/c1-9-8-18(4-5-19-9)13-3-2-12(16)11-6-10(15)7-17-14(11)13/h2-3,6-7,9H,4-5,8,16H2,1H3. The molecule has 1 fully saturated rings. The quantitative estimate of drug-likeness (QED) is 0.808. The summed E-state index contributed by atoms with van der Waals surface area (Å²) in [4.78, 5) is 6.99. The molecule has 0 spiro atoms. The molecule has 2 heterocycles. The number of rotatable bonds is 1. The summed E-state index contributed by atoms with van der Waals surface area (Å²) in [7, 11) is 0. The maximum absolute atomic E-state index is 6.07. The summed E-state index contributed by atoms with van der Waals surface area (Å²) in [5.74, 6) is 1.17. The molecule has 3 rings (SSSR count). The van der Waals surface area contributed by atoms with Gasteiger partial charge in [-0.15, -0.1) is 0 Å². The second-order valence-electron chi connectivity index (χ2n) is 4.85. The summed E-state index contributed by atoms with van der Waals surface area (Å²) in [6, 6.07) is 6.13. The van der Waals surface area contributed by atoms with Crippen LogP contribution in [0.15, 0.2) is 28.9 Å². The fraction of sp³-hybridized carbons (Fsp3) is 0.357. The lowest BCUT2D eigenvalue weighted by Crippen LogP contribution is -2.36. The predicted molar refractivity (Wildman–Crippen MR) is 88.0 cm³/mol. The molecule has 2 aromatic rings. The Kier molecular flexibility index (Phi) is 3.58. The van der Waals surface area contributed by atoms with Gasteiger partial charge in [-0.1, -0.05) is 6.92 Å². The van der Waals surface area contributed by atoms with Crippen molar-refractivity contribution in [3.63, 3.8) is 0 Å². The van der Waals surface area contributed by atoms with Gasteiger partial charge in [-0.05, 0) is 34.1 Å². The number of pyridine rings is 1. The van der Waals surface area contributed by atoms with Crippen molar-refractivity contribution in [2.45, 2.75) is 12.2 Å². The molecule has 1 aromatic heterocycles. The van der Waals surface area contributed by atoms with Crippen LogP contribution in [0.5, 0.6) is 0 Å². The lowest BCUT2D eigenvalue weighted by Gasteiger charge is -2.33. The molecule has 0 radical (unpaired) electrons. The van der Waals surface area contributed by atoms with Crippen LogP contribution in [0.3, 0.4) is 0 Å². The molecule has 1 aromatic carbocycles. The van der Waals surface area contributed by atoms with E-state index in [0.29, 0.717) is 5.25 Å². The lowest BCUT2D eigenvalue weighted by molar-refractivity contribution is 0.785. The SMILES string of the molecule is CC1CN(c2ccc(N)c3cc(Br)cnc23)CCS1. The van der Waals surface area contributed by atoms with Gasteiger partial charge >= 0.3 is 0 Å². The number of thioether (sulfide) groups is 1. The summed E-state index contributed by atoms with van der Waals surface area (Å²) in [5, 5.41) is 1.69. The summed E-state index contributed by atoms with van der Waals surface area (Å²) < 4.78 is 0.964. The summed E-state index contributed by atoms with van der Waals surface area (Å²) in [5.41, 5.74) is 9.05. The monoisotopic (exact) mass is 337 g/mol. The van der Waals surface area contributed by atoms with E-state index < -0.39 is 0 Å². The largest absolute Gasteiger partial charge is 0.398 e. The van der Waals surface area contributed by atoms with Crippen LogP contribution in [0.1, 0.15) is 6.92 Å². The second-order valence-corrected chi connectivity index (χ2v) is 7.31. The number of nitrogens with zero attached hydrogens (tertiary/aromatic N) is 2. The van der Waals surface area contributed by atoms with Crippen molar-refractivity contribution in [2.24, 2.45) is 0 Å². The number of hydrogen-bond donors (Lipinski definition) is 1. The number of halogens is 1. The van der Waals surface area contributed by atoms with Gasteiger partial charge in [-0.2, -0.15) is 11.8 Å². The highest BCUT2D eigenvalue weighted by molar-refractivity contribution is 9.10. The maximum Gasteiger partial charge on any atom is 0.0956 e. The van der Waals surface area contributed by atoms with Gasteiger partial charge in [-0.3, -0.25) is 4.98 Å². The van der Waals surface area contributed by atoms with E-state index in [1.807, 2.05) is 30.1 Å². The third-order valence-electron chi connectivity index (χ3n) is 3.41. The minimum atomic E-state index is 0.664. The van der Waals surface area contributed by atoms with E-state index >= 15 is 0 Å². The first-order valence-electron chi connectivity index (χ1n) is 6.35. The van der Waals surface area contributed by atoms with Crippen molar-refractivity contribution < 1.29 is 0 Å². The number of nitrogen functional groups attached to an aromatic ring is 1. The van der Waals surface area contributed by atoms with Crippen molar-refractivity contribution >= 4 is 50.0 Å². The Morgan fingerprint density at radius 3 is 3.11 bits per heavy atom. The van der Waals surface area contributed by atoms with Gasteiger partial charge in [-0.25, -0.2) is 0 Å². The second kappa shape index (κ2) is 5.21. The van der Waals surface area contributed by atoms with E-state index in [-0.39, 0.29) is 0 Å². The summed E-state index contributed by atoms with van der Waals surface area (Å²) in [6.45, 7) is 4.42. The zero-order chi connectivity index (χ0) is 13.4. The van der Waals surface area contributed by atoms with Gasteiger partial charge < -0.3 is 10.6 Å². The Hall–Kier alpha value is -0.940. The molecule has 1 aliphatic heterocycles. The molecular formula is C14H16BrN3S. The number of aromatic nitrogens is 1. The van der Waals surface area contributed by atoms with E-state index in [9.17, 15) is 0 Å². The highest BCUT2D eigenvalue weighted by atomic mass is 79.9. The highest BCUT2D eigenvalue weighted by Crippen LogP contribution is 2.33. The number of benzene rings is 1. The molecule has 5 heteroatoms. The average molecular weight is 338 g/mol. The maximum atomic E-state index is 6.07. The van der Waals surface area contributed by atoms with Crippen molar-refractivity contribution in [1.82, 2.24) is 4.98 Å². The van der Waals surface area contributed by atoms with Crippen LogP contribution < -0.4 is 10.6 Å². The number of nitrogens with two attached hydrogens (primary N) is 1. The Morgan fingerprint density at radius 2 is 2.32 bits per heavy atom. The van der Waals surface area contributed by atoms with E-state index in [0.717, 1.165) is 34.2 Å². The molecule has 1 atom stereocenters. The Bertz CT molecular complexity index is 617. The molecule has 19 heavy (non-hydrogen) atoms. The molecule has 0 aliphatic carbocycles. The van der Waals surface area contributed by atoms with E-state index in [2.05, 4.69) is 38.8 Å². The van der Waals surface area contributed by atoms with E-state index in [1.165, 1.54) is 11.4 Å². The topological polar surface area (TPSA) is 42.1 Å².